The molecule has 0 unspecified atom stereocenters. The van der Waals surface area contributed by atoms with Gasteiger partial charge in [-0.1, -0.05) is 37.5 Å². The quantitative estimate of drug-likeness (QED) is 0.734. The van der Waals surface area contributed by atoms with Crippen LogP contribution < -0.4 is 10.6 Å². The van der Waals surface area contributed by atoms with Gasteiger partial charge in [-0.25, -0.2) is 9.97 Å². The van der Waals surface area contributed by atoms with Crippen LogP contribution in [0.1, 0.15) is 42.5 Å². The molecule has 1 aromatic heterocycles. The highest BCUT2D eigenvalue weighted by molar-refractivity contribution is 7.99. The third-order valence-electron chi connectivity index (χ3n) is 4.24. The molecule has 0 atom stereocenters. The Morgan fingerprint density at radius 1 is 1.08 bits per heavy atom. The lowest BCUT2D eigenvalue weighted by atomic mass is 10.0. The van der Waals surface area contributed by atoms with E-state index in [1.54, 1.807) is 12.4 Å². The number of thioether (sulfide) groups is 1. The lowest BCUT2D eigenvalue weighted by Gasteiger charge is -2.20. The summed E-state index contributed by atoms with van der Waals surface area (Å²) in [5.41, 5.74) is 1.40. The summed E-state index contributed by atoms with van der Waals surface area (Å²) >= 11 is 1.98. The zero-order valence-corrected chi connectivity index (χ0v) is 15.1. The summed E-state index contributed by atoms with van der Waals surface area (Å²) in [5, 5.41) is 6.82. The van der Waals surface area contributed by atoms with E-state index < -0.39 is 0 Å². The largest absolute Gasteiger partial charge is 0.351 e. The molecule has 2 N–H and O–H groups in total. The molecule has 0 saturated heterocycles. The lowest BCUT2D eigenvalue weighted by Crippen LogP contribution is -2.26. The second-order valence-electron chi connectivity index (χ2n) is 6.17. The van der Waals surface area contributed by atoms with Crippen molar-refractivity contribution in [1.82, 2.24) is 15.3 Å². The van der Waals surface area contributed by atoms with Crippen molar-refractivity contribution in [3.05, 3.63) is 48.3 Å². The molecule has 0 aliphatic heterocycles. The first-order chi connectivity index (χ1) is 12.3. The fourth-order valence-corrected chi connectivity index (χ4v) is 4.10. The van der Waals surface area contributed by atoms with Crippen LogP contribution in [-0.4, -0.2) is 33.4 Å². The van der Waals surface area contributed by atoms with E-state index in [1.807, 2.05) is 42.1 Å². The molecule has 1 aliphatic rings. The Morgan fingerprint density at radius 2 is 1.80 bits per heavy atom. The molecule has 1 amide bonds. The van der Waals surface area contributed by atoms with E-state index >= 15 is 0 Å². The minimum atomic E-state index is -0.115. The first kappa shape index (κ1) is 17.7. The van der Waals surface area contributed by atoms with Crippen molar-refractivity contribution in [3.8, 4) is 0 Å². The molecule has 1 saturated carbocycles. The van der Waals surface area contributed by atoms with E-state index in [9.17, 15) is 4.79 Å². The second kappa shape index (κ2) is 9.42. The van der Waals surface area contributed by atoms with Crippen molar-refractivity contribution < 1.29 is 4.79 Å². The summed E-state index contributed by atoms with van der Waals surface area (Å²) in [5.74, 6) is 1.33. The minimum absolute atomic E-state index is 0.115. The Balaban J connectivity index is 1.41. The van der Waals surface area contributed by atoms with Gasteiger partial charge in [0.1, 0.15) is 0 Å². The van der Waals surface area contributed by atoms with E-state index in [-0.39, 0.29) is 5.91 Å². The molecule has 6 heteroatoms. The fourth-order valence-electron chi connectivity index (χ4n) is 2.88. The average molecular weight is 356 g/mol. The Hall–Kier alpha value is -2.08. The zero-order chi connectivity index (χ0) is 17.3. The van der Waals surface area contributed by atoms with Crippen LogP contribution in [0.3, 0.4) is 0 Å². The van der Waals surface area contributed by atoms with Crippen molar-refractivity contribution in [2.45, 2.75) is 37.4 Å². The normalized spacial score (nSPS) is 14.9. The number of benzene rings is 1. The number of carbonyl (C=O) groups excluding carboxylic acids is 1. The van der Waals surface area contributed by atoms with Gasteiger partial charge in [-0.15, -0.1) is 0 Å². The SMILES string of the molecule is O=C(NCCSC1CCCCC1)c1cnc(Nc2ccccc2)nc1. The van der Waals surface area contributed by atoms with Crippen LogP contribution >= 0.6 is 11.8 Å². The summed E-state index contributed by atoms with van der Waals surface area (Å²) < 4.78 is 0. The number of amides is 1. The summed E-state index contributed by atoms with van der Waals surface area (Å²) in [6, 6.07) is 9.71. The molecule has 0 radical (unpaired) electrons. The maximum absolute atomic E-state index is 12.1. The predicted octanol–water partition coefficient (Wildman–Crippen LogP) is 4.02. The van der Waals surface area contributed by atoms with Gasteiger partial charge in [0, 0.05) is 35.6 Å². The Bertz CT molecular complexity index is 657. The number of nitrogens with one attached hydrogen (secondary N) is 2. The van der Waals surface area contributed by atoms with Gasteiger partial charge in [0.05, 0.1) is 5.56 Å². The third kappa shape index (κ3) is 5.74. The van der Waals surface area contributed by atoms with Crippen molar-refractivity contribution in [2.24, 2.45) is 0 Å². The highest BCUT2D eigenvalue weighted by Gasteiger charge is 2.13. The second-order valence-corrected chi connectivity index (χ2v) is 7.58. The van der Waals surface area contributed by atoms with Gasteiger partial charge < -0.3 is 10.6 Å². The van der Waals surface area contributed by atoms with Crippen LogP contribution in [0.25, 0.3) is 0 Å². The number of para-hydroxylation sites is 1. The van der Waals surface area contributed by atoms with E-state index in [0.29, 0.717) is 18.1 Å². The standard InChI is InChI=1S/C19H24N4OS/c24-18(20-11-12-25-17-9-5-2-6-10-17)15-13-21-19(22-14-15)23-16-7-3-1-4-8-16/h1,3-4,7-8,13-14,17H,2,5-6,9-12H2,(H,20,24)(H,21,22,23). The minimum Gasteiger partial charge on any atom is -0.351 e. The van der Waals surface area contributed by atoms with Crippen molar-refractivity contribution >= 4 is 29.3 Å². The molecule has 1 aliphatic carbocycles. The highest BCUT2D eigenvalue weighted by Crippen LogP contribution is 2.27. The molecule has 5 nitrogen and oxygen atoms in total. The summed E-state index contributed by atoms with van der Waals surface area (Å²) in [4.78, 5) is 20.6. The maximum Gasteiger partial charge on any atom is 0.254 e. The van der Waals surface area contributed by atoms with Gasteiger partial charge in [0.15, 0.2) is 0 Å². The summed E-state index contributed by atoms with van der Waals surface area (Å²) in [6.07, 6.45) is 9.84. The summed E-state index contributed by atoms with van der Waals surface area (Å²) in [6.45, 7) is 0.685. The number of anilines is 2. The van der Waals surface area contributed by atoms with Crippen LogP contribution in [0.4, 0.5) is 11.6 Å². The number of rotatable bonds is 7. The molecule has 3 rings (SSSR count). The smallest absolute Gasteiger partial charge is 0.254 e. The Morgan fingerprint density at radius 3 is 2.52 bits per heavy atom. The van der Waals surface area contributed by atoms with Crippen molar-refractivity contribution in [3.63, 3.8) is 0 Å². The molecule has 1 fully saturated rings. The molecule has 2 aromatic rings. The molecule has 132 valence electrons. The van der Waals surface area contributed by atoms with Crippen LogP contribution in [0.5, 0.6) is 0 Å². The summed E-state index contributed by atoms with van der Waals surface area (Å²) in [7, 11) is 0. The molecule has 0 spiro atoms. The molecule has 25 heavy (non-hydrogen) atoms. The third-order valence-corrected chi connectivity index (χ3v) is 5.62. The number of nitrogens with zero attached hydrogens (tertiary/aromatic N) is 2. The molecule has 1 heterocycles. The first-order valence-electron chi connectivity index (χ1n) is 8.85. The number of carbonyl (C=O) groups is 1. The van der Waals surface area contributed by atoms with Crippen molar-refractivity contribution in [1.29, 1.82) is 0 Å². The lowest BCUT2D eigenvalue weighted by molar-refractivity contribution is 0.0955. The number of hydrogen-bond acceptors (Lipinski definition) is 5. The van der Waals surface area contributed by atoms with Crippen LogP contribution in [0.2, 0.25) is 0 Å². The van der Waals surface area contributed by atoms with Crippen LogP contribution in [-0.2, 0) is 0 Å². The molecule has 0 bridgehead atoms. The predicted molar refractivity (Wildman–Crippen MR) is 103 cm³/mol. The van der Waals surface area contributed by atoms with E-state index in [0.717, 1.165) is 16.7 Å². The first-order valence-corrected chi connectivity index (χ1v) is 9.90. The number of hydrogen-bond donors (Lipinski definition) is 2. The Labute approximate surface area is 153 Å². The van der Waals surface area contributed by atoms with E-state index in [2.05, 4.69) is 20.6 Å². The molecular weight excluding hydrogens is 332 g/mol. The van der Waals surface area contributed by atoms with Crippen molar-refractivity contribution in [2.75, 3.05) is 17.6 Å². The van der Waals surface area contributed by atoms with Gasteiger partial charge in [0.2, 0.25) is 5.95 Å². The Kier molecular flexibility index (Phi) is 6.68. The fraction of sp³-hybridized carbons (Fsp3) is 0.421. The van der Waals surface area contributed by atoms with Crippen LogP contribution in [0, 0.1) is 0 Å². The van der Waals surface area contributed by atoms with E-state index in [4.69, 9.17) is 0 Å². The van der Waals surface area contributed by atoms with Crippen LogP contribution in [0.15, 0.2) is 42.7 Å². The highest BCUT2D eigenvalue weighted by atomic mass is 32.2. The topological polar surface area (TPSA) is 66.9 Å². The maximum atomic E-state index is 12.1. The monoisotopic (exact) mass is 356 g/mol. The van der Waals surface area contributed by atoms with Gasteiger partial charge in [-0.2, -0.15) is 11.8 Å². The van der Waals surface area contributed by atoms with E-state index in [1.165, 1.54) is 32.1 Å². The van der Waals surface area contributed by atoms with Gasteiger partial charge in [0.25, 0.3) is 5.91 Å². The molecule has 1 aromatic carbocycles. The van der Waals surface area contributed by atoms with Gasteiger partial charge in [-0.3, -0.25) is 4.79 Å². The zero-order valence-electron chi connectivity index (χ0n) is 14.3. The molecular formula is C19H24N4OS. The van der Waals surface area contributed by atoms with Gasteiger partial charge in [-0.05, 0) is 25.0 Å². The average Bonchev–Trinajstić information content (AvgIpc) is 2.67. The van der Waals surface area contributed by atoms with Gasteiger partial charge >= 0.3 is 0 Å². The number of aromatic nitrogens is 2.